The number of allylic oxidation sites excluding steroid dienone is 2. The molecule has 0 heterocycles. The number of benzene rings is 1. The number of ketones is 1. The summed E-state index contributed by atoms with van der Waals surface area (Å²) in [5.41, 5.74) is -0.920. The molecule has 0 aromatic heterocycles. The Kier molecular flexibility index (Phi) is 9.84. The number of phenols is 1. The maximum atomic E-state index is 12.7. The van der Waals surface area contributed by atoms with Crippen LogP contribution in [0.15, 0.2) is 35.0 Å². The molecule has 4 aliphatic carbocycles. The van der Waals surface area contributed by atoms with E-state index in [2.05, 4.69) is 17.4 Å². The molecule has 14 nitrogen and oxygen atoms in total. The lowest BCUT2D eigenvalue weighted by molar-refractivity contribution is -0.991. The van der Waals surface area contributed by atoms with Gasteiger partial charge in [-0.3, -0.25) is 9.59 Å². The molecule has 0 radical (unpaired) electrons. The van der Waals surface area contributed by atoms with Crippen molar-refractivity contribution in [3.05, 3.63) is 40.6 Å². The van der Waals surface area contributed by atoms with Crippen LogP contribution in [0.5, 0.6) is 5.75 Å². The van der Waals surface area contributed by atoms with E-state index in [0.29, 0.717) is 30.5 Å². The number of Topliss-reactive ketones (excluding diaryl/α,β-unsaturated/α-hetero) is 1. The smallest absolute Gasteiger partial charge is 0.328 e. The van der Waals surface area contributed by atoms with Gasteiger partial charge in [0.05, 0.1) is 18.9 Å². The van der Waals surface area contributed by atoms with Crippen LogP contribution >= 0.6 is 0 Å². The average Bonchev–Trinajstić information content (AvgIpc) is 3.30. The zero-order valence-electron chi connectivity index (χ0n) is 26.9. The molecule has 1 aromatic rings. The molecule has 4 aliphatic rings. The number of aliphatic hydroxyl groups is 3. The van der Waals surface area contributed by atoms with Gasteiger partial charge in [0.25, 0.3) is 5.91 Å². The first-order valence-electron chi connectivity index (χ1n) is 16.1. The van der Waals surface area contributed by atoms with Crippen LogP contribution in [0.1, 0.15) is 64.4 Å². The van der Waals surface area contributed by atoms with Crippen molar-refractivity contribution >= 4 is 29.1 Å². The number of amides is 1. The number of fused-ring (bicyclic) bond motifs is 5. The maximum Gasteiger partial charge on any atom is 0.328 e. The third-order valence-corrected chi connectivity index (χ3v) is 11.6. The van der Waals surface area contributed by atoms with Crippen molar-refractivity contribution < 1.29 is 54.8 Å². The standard InChI is InChI=1S/C33H45N3O11/c1-31-10-8-20(35-47-17-28(41)34-23(30(42)46-3)12-18-4-7-25(38)24(13-18)36(44)45)14-19(31)5-6-21-22-9-11-33(43,27(40)16-37)32(22,2)15-26(39)29(21)31/h4,7,13-14,21-23,26,29,36-39,43-44H,5-6,8-12,15-17H2,1-3H3,(H,34,41). The Bertz CT molecular complexity index is 1460. The average molecular weight is 660 g/mol. The van der Waals surface area contributed by atoms with Gasteiger partial charge in [0.15, 0.2) is 18.1 Å². The topological polar surface area (TPSA) is 223 Å². The van der Waals surface area contributed by atoms with Crippen molar-refractivity contribution in [2.75, 3.05) is 20.3 Å². The Morgan fingerprint density at radius 2 is 1.94 bits per heavy atom. The molecule has 14 heteroatoms. The van der Waals surface area contributed by atoms with E-state index in [-0.39, 0.29) is 48.1 Å². The predicted molar refractivity (Wildman–Crippen MR) is 165 cm³/mol. The van der Waals surface area contributed by atoms with Crippen molar-refractivity contribution in [2.24, 2.45) is 33.7 Å². The highest BCUT2D eigenvalue weighted by atomic mass is 16.8. The molecule has 0 spiro atoms. The zero-order valence-corrected chi connectivity index (χ0v) is 26.9. The first kappa shape index (κ1) is 34.9. The summed E-state index contributed by atoms with van der Waals surface area (Å²) in [4.78, 5) is 43.1. The largest absolute Gasteiger partial charge is 0.595 e. The highest BCUT2D eigenvalue weighted by Gasteiger charge is 2.68. The summed E-state index contributed by atoms with van der Waals surface area (Å²) in [6, 6.07) is 2.73. The Morgan fingerprint density at radius 1 is 1.19 bits per heavy atom. The molecule has 0 aliphatic heterocycles. The van der Waals surface area contributed by atoms with Gasteiger partial charge >= 0.3 is 5.97 Å². The molecule has 0 bridgehead atoms. The van der Waals surface area contributed by atoms with E-state index < -0.39 is 65.0 Å². The summed E-state index contributed by atoms with van der Waals surface area (Å²) in [7, 11) is 1.16. The third-order valence-electron chi connectivity index (χ3n) is 11.6. The first-order chi connectivity index (χ1) is 22.2. The molecule has 1 aromatic carbocycles. The number of ether oxygens (including phenoxy) is 1. The molecular formula is C33H45N3O11. The quantitative estimate of drug-likeness (QED) is 0.105. The van der Waals surface area contributed by atoms with Gasteiger partial charge in [0.2, 0.25) is 5.69 Å². The second-order valence-electron chi connectivity index (χ2n) is 14.0. The lowest BCUT2D eigenvalue weighted by atomic mass is 9.45. The number of rotatable bonds is 10. The van der Waals surface area contributed by atoms with Crippen molar-refractivity contribution in [1.29, 1.82) is 0 Å². The van der Waals surface area contributed by atoms with Crippen LogP contribution in [-0.4, -0.2) is 87.1 Å². The van der Waals surface area contributed by atoms with Crippen molar-refractivity contribution in [2.45, 2.75) is 83.0 Å². The summed E-state index contributed by atoms with van der Waals surface area (Å²) in [5, 5.41) is 68.3. The number of hydrogen-bond donors (Lipinski definition) is 7. The number of carbonyl (C=O) groups is 3. The van der Waals surface area contributed by atoms with E-state index in [4.69, 9.17) is 9.57 Å². The van der Waals surface area contributed by atoms with Crippen LogP contribution in [0.4, 0.5) is 5.69 Å². The Hall–Kier alpha value is -3.40. The fourth-order valence-corrected chi connectivity index (χ4v) is 9.23. The minimum Gasteiger partial charge on any atom is -0.595 e. The molecule has 9 unspecified atom stereocenters. The molecule has 1 amide bonds. The zero-order chi connectivity index (χ0) is 34.3. The minimum absolute atomic E-state index is 0.0498. The van der Waals surface area contributed by atoms with Crippen molar-refractivity contribution in [3.63, 3.8) is 0 Å². The first-order valence-corrected chi connectivity index (χ1v) is 16.1. The van der Waals surface area contributed by atoms with E-state index >= 15 is 0 Å². The second kappa shape index (κ2) is 13.2. The molecule has 258 valence electrons. The highest BCUT2D eigenvalue weighted by Crippen LogP contribution is 2.67. The van der Waals surface area contributed by atoms with E-state index in [1.807, 2.05) is 13.0 Å². The molecule has 7 N–H and O–H groups in total. The third kappa shape index (κ3) is 6.18. The van der Waals surface area contributed by atoms with Gasteiger partial charge in [0.1, 0.15) is 18.2 Å². The fourth-order valence-electron chi connectivity index (χ4n) is 9.23. The fraction of sp³-hybridized carbons (Fsp3) is 0.636. The molecular weight excluding hydrogens is 614 g/mol. The number of hydrogen-bond acceptors (Lipinski definition) is 12. The molecule has 5 rings (SSSR count). The summed E-state index contributed by atoms with van der Waals surface area (Å²) in [6.07, 6.45) is 5.18. The van der Waals surface area contributed by atoms with Gasteiger partial charge in [0, 0.05) is 17.9 Å². The van der Waals surface area contributed by atoms with Crippen LogP contribution in [0, 0.1) is 33.8 Å². The van der Waals surface area contributed by atoms with Gasteiger partial charge in [-0.25, -0.2) is 10.0 Å². The number of oxime groups is 1. The number of methoxy groups -OCH3 is 1. The number of carbonyl (C=O) groups excluding carboxylic acids is 3. The normalized spacial score (nSPS) is 35.1. The summed E-state index contributed by atoms with van der Waals surface area (Å²) >= 11 is 0. The Labute approximate surface area is 272 Å². The summed E-state index contributed by atoms with van der Waals surface area (Å²) in [5.74, 6) is -2.27. The number of phenolic OH excluding ortho intramolecular Hbond substituents is 1. The summed E-state index contributed by atoms with van der Waals surface area (Å²) < 4.78 is 4.80. The molecule has 47 heavy (non-hydrogen) atoms. The van der Waals surface area contributed by atoms with Gasteiger partial charge < -0.3 is 40.5 Å². The van der Waals surface area contributed by atoms with Crippen LogP contribution in [0.3, 0.4) is 0 Å². The Morgan fingerprint density at radius 3 is 2.62 bits per heavy atom. The van der Waals surface area contributed by atoms with Crippen LogP contribution in [0.2, 0.25) is 0 Å². The molecule has 3 fully saturated rings. The monoisotopic (exact) mass is 659 g/mol. The number of nitrogens with one attached hydrogen (secondary N) is 2. The number of aliphatic hydroxyl groups excluding tert-OH is 2. The van der Waals surface area contributed by atoms with Gasteiger partial charge in [-0.1, -0.05) is 30.6 Å². The van der Waals surface area contributed by atoms with Crippen LogP contribution < -0.4 is 10.5 Å². The van der Waals surface area contributed by atoms with Gasteiger partial charge in [-0.05, 0) is 85.8 Å². The van der Waals surface area contributed by atoms with Crippen LogP contribution in [0.25, 0.3) is 0 Å². The molecule has 0 saturated heterocycles. The lowest BCUT2D eigenvalue weighted by Gasteiger charge is -2.60. The lowest BCUT2D eigenvalue weighted by Crippen LogP contribution is -2.99. The van der Waals surface area contributed by atoms with Crippen molar-refractivity contribution in [1.82, 2.24) is 5.32 Å². The summed E-state index contributed by atoms with van der Waals surface area (Å²) in [6.45, 7) is 2.85. The van der Waals surface area contributed by atoms with Gasteiger partial charge in [-0.2, -0.15) is 5.23 Å². The Balaban J connectivity index is 1.23. The second-order valence-corrected chi connectivity index (χ2v) is 14.0. The predicted octanol–water partition coefficient (Wildman–Crippen LogP) is 0.595. The van der Waals surface area contributed by atoms with E-state index in [1.54, 1.807) is 0 Å². The number of quaternary nitrogens is 1. The number of aromatic hydroxyl groups is 1. The maximum absolute atomic E-state index is 12.7. The SMILES string of the molecule is COC(=O)C(Cc1ccc(O)c([NH+]([O-])O)c1)NC(=O)CON=C1C=C2CCC3C(C(O)CC4(C)C3CCC4(O)C(=O)CO)C2(C)CC1. The molecule has 9 atom stereocenters. The number of esters is 1. The van der Waals surface area contributed by atoms with E-state index in [0.717, 1.165) is 25.5 Å². The highest BCUT2D eigenvalue weighted by molar-refractivity contribution is 5.96. The van der Waals surface area contributed by atoms with Crippen LogP contribution in [-0.2, 0) is 30.4 Å². The minimum atomic E-state index is -1.64. The van der Waals surface area contributed by atoms with Gasteiger partial charge in [-0.15, -0.1) is 0 Å². The van der Waals surface area contributed by atoms with E-state index in [9.17, 15) is 45.2 Å². The number of nitrogens with zero attached hydrogens (tertiary/aromatic N) is 1. The van der Waals surface area contributed by atoms with Crippen molar-refractivity contribution in [3.8, 4) is 5.75 Å². The van der Waals surface area contributed by atoms with E-state index in [1.165, 1.54) is 18.2 Å². The molecule has 3 saturated carbocycles.